The number of aromatic nitrogens is 2. The standard InChI is InChI=1S/C19H22N2O5/c1-23-15-6-5-13(9-16(15)24-2)18-20-17(26-21-18)10-25-19(22)14-8-11-3-4-12(14)7-11/h5-6,9,11-12,14H,3-4,7-8,10H2,1-2H3. The van der Waals surface area contributed by atoms with Crippen LogP contribution in [-0.2, 0) is 16.1 Å². The van der Waals surface area contributed by atoms with Gasteiger partial charge in [-0.3, -0.25) is 4.79 Å². The van der Waals surface area contributed by atoms with Gasteiger partial charge in [0.2, 0.25) is 5.82 Å². The molecule has 7 nitrogen and oxygen atoms in total. The van der Waals surface area contributed by atoms with Gasteiger partial charge in [0.1, 0.15) is 0 Å². The molecule has 2 saturated carbocycles. The summed E-state index contributed by atoms with van der Waals surface area (Å²) in [6.07, 6.45) is 4.54. The van der Waals surface area contributed by atoms with E-state index in [1.54, 1.807) is 26.4 Å². The smallest absolute Gasteiger partial charge is 0.309 e. The van der Waals surface area contributed by atoms with Gasteiger partial charge in [0.05, 0.1) is 20.1 Å². The van der Waals surface area contributed by atoms with Crippen molar-refractivity contribution >= 4 is 5.97 Å². The fourth-order valence-electron chi connectivity index (χ4n) is 4.18. The molecule has 3 atom stereocenters. The van der Waals surface area contributed by atoms with Gasteiger partial charge in [0.15, 0.2) is 18.1 Å². The number of hydrogen-bond acceptors (Lipinski definition) is 7. The van der Waals surface area contributed by atoms with Gasteiger partial charge in [-0.25, -0.2) is 0 Å². The molecule has 2 aliphatic carbocycles. The van der Waals surface area contributed by atoms with E-state index in [4.69, 9.17) is 18.7 Å². The summed E-state index contributed by atoms with van der Waals surface area (Å²) in [5, 5.41) is 3.96. The van der Waals surface area contributed by atoms with Crippen LogP contribution >= 0.6 is 0 Å². The van der Waals surface area contributed by atoms with Crippen LogP contribution in [0.25, 0.3) is 11.4 Å². The molecule has 26 heavy (non-hydrogen) atoms. The van der Waals surface area contributed by atoms with Gasteiger partial charge in [-0.1, -0.05) is 11.6 Å². The fraction of sp³-hybridized carbons (Fsp3) is 0.526. The molecule has 138 valence electrons. The first-order chi connectivity index (χ1) is 12.7. The Bertz CT molecular complexity index is 803. The van der Waals surface area contributed by atoms with E-state index >= 15 is 0 Å². The average molecular weight is 358 g/mol. The predicted octanol–water partition coefficient (Wildman–Crippen LogP) is 3.23. The molecule has 1 aromatic heterocycles. The summed E-state index contributed by atoms with van der Waals surface area (Å²) in [5.41, 5.74) is 0.733. The first-order valence-corrected chi connectivity index (χ1v) is 8.89. The fourth-order valence-corrected chi connectivity index (χ4v) is 4.18. The van der Waals surface area contributed by atoms with Crippen molar-refractivity contribution in [2.24, 2.45) is 17.8 Å². The molecule has 0 spiro atoms. The largest absolute Gasteiger partial charge is 0.493 e. The highest BCUT2D eigenvalue weighted by Gasteiger charge is 2.43. The molecule has 1 heterocycles. The quantitative estimate of drug-likeness (QED) is 0.733. The van der Waals surface area contributed by atoms with E-state index < -0.39 is 0 Å². The van der Waals surface area contributed by atoms with E-state index in [1.165, 1.54) is 12.8 Å². The van der Waals surface area contributed by atoms with Crippen molar-refractivity contribution < 1.29 is 23.5 Å². The Morgan fingerprint density at radius 3 is 2.73 bits per heavy atom. The Hall–Kier alpha value is -2.57. The maximum atomic E-state index is 12.3. The molecule has 0 aliphatic heterocycles. The number of ether oxygens (including phenoxy) is 3. The number of rotatable bonds is 6. The van der Waals surface area contributed by atoms with Crippen LogP contribution in [0.3, 0.4) is 0 Å². The number of methoxy groups -OCH3 is 2. The van der Waals surface area contributed by atoms with E-state index in [0.717, 1.165) is 18.4 Å². The molecule has 2 fully saturated rings. The van der Waals surface area contributed by atoms with Crippen LogP contribution in [0.5, 0.6) is 11.5 Å². The zero-order chi connectivity index (χ0) is 18.1. The molecule has 1 aromatic carbocycles. The molecular formula is C19H22N2O5. The lowest BCUT2D eigenvalue weighted by Crippen LogP contribution is -2.23. The van der Waals surface area contributed by atoms with Crippen molar-refractivity contribution in [3.8, 4) is 22.9 Å². The van der Waals surface area contributed by atoms with E-state index in [1.807, 2.05) is 6.07 Å². The van der Waals surface area contributed by atoms with Crippen LogP contribution in [0.1, 0.15) is 31.6 Å². The van der Waals surface area contributed by atoms with Gasteiger partial charge < -0.3 is 18.7 Å². The normalized spacial score (nSPS) is 23.8. The summed E-state index contributed by atoms with van der Waals surface area (Å²) in [5.74, 6) is 3.02. The minimum atomic E-state index is -0.136. The van der Waals surface area contributed by atoms with Crippen molar-refractivity contribution in [1.82, 2.24) is 10.1 Å². The molecule has 2 aromatic rings. The Labute approximate surface area is 151 Å². The summed E-state index contributed by atoms with van der Waals surface area (Å²) < 4.78 is 21.1. The van der Waals surface area contributed by atoms with Crippen LogP contribution in [0.2, 0.25) is 0 Å². The van der Waals surface area contributed by atoms with Crippen LogP contribution in [0, 0.1) is 17.8 Å². The third kappa shape index (κ3) is 3.13. The highest BCUT2D eigenvalue weighted by atomic mass is 16.6. The number of carbonyl (C=O) groups excluding carboxylic acids is 1. The third-order valence-electron chi connectivity index (χ3n) is 5.49. The molecule has 0 saturated heterocycles. The lowest BCUT2D eigenvalue weighted by molar-refractivity contribution is -0.152. The SMILES string of the molecule is COc1ccc(-c2noc(COC(=O)C3CC4CCC3C4)n2)cc1OC. The second-order valence-corrected chi connectivity index (χ2v) is 6.97. The Kier molecular flexibility index (Phi) is 4.53. The van der Waals surface area contributed by atoms with Crippen molar-refractivity contribution in [2.75, 3.05) is 14.2 Å². The maximum absolute atomic E-state index is 12.3. The van der Waals surface area contributed by atoms with Crippen molar-refractivity contribution in [3.05, 3.63) is 24.1 Å². The Morgan fingerprint density at radius 2 is 2.04 bits per heavy atom. The summed E-state index contributed by atoms with van der Waals surface area (Å²) in [6.45, 7) is 0.00695. The number of hydrogen-bond donors (Lipinski definition) is 0. The van der Waals surface area contributed by atoms with Crippen molar-refractivity contribution in [1.29, 1.82) is 0 Å². The summed E-state index contributed by atoms with van der Waals surface area (Å²) >= 11 is 0. The minimum absolute atomic E-state index is 0.00695. The lowest BCUT2D eigenvalue weighted by Gasteiger charge is -2.19. The molecule has 4 rings (SSSR count). The van der Waals surface area contributed by atoms with Crippen LogP contribution in [-0.4, -0.2) is 30.3 Å². The van der Waals surface area contributed by atoms with Gasteiger partial charge in [0, 0.05) is 5.56 Å². The first-order valence-electron chi connectivity index (χ1n) is 8.89. The van der Waals surface area contributed by atoms with Gasteiger partial charge >= 0.3 is 5.97 Å². The number of nitrogens with zero attached hydrogens (tertiary/aromatic N) is 2. The van der Waals surface area contributed by atoms with E-state index in [9.17, 15) is 4.79 Å². The molecule has 2 bridgehead atoms. The summed E-state index contributed by atoms with van der Waals surface area (Å²) in [7, 11) is 3.15. The van der Waals surface area contributed by atoms with Gasteiger partial charge in [-0.05, 0) is 49.3 Å². The zero-order valence-electron chi connectivity index (χ0n) is 14.9. The molecule has 0 N–H and O–H groups in total. The van der Waals surface area contributed by atoms with E-state index in [0.29, 0.717) is 29.2 Å². The first kappa shape index (κ1) is 16.9. The second kappa shape index (κ2) is 6.97. The summed E-state index contributed by atoms with van der Waals surface area (Å²) in [6, 6.07) is 5.37. The number of carbonyl (C=O) groups is 1. The highest BCUT2D eigenvalue weighted by Crippen LogP contribution is 2.48. The minimum Gasteiger partial charge on any atom is -0.493 e. The van der Waals surface area contributed by atoms with Crippen molar-refractivity contribution in [3.63, 3.8) is 0 Å². The third-order valence-corrected chi connectivity index (χ3v) is 5.49. The molecule has 7 heteroatoms. The monoisotopic (exact) mass is 358 g/mol. The predicted molar refractivity (Wildman–Crippen MR) is 91.6 cm³/mol. The average Bonchev–Trinajstić information content (AvgIpc) is 3.42. The highest BCUT2D eigenvalue weighted by molar-refractivity contribution is 5.73. The molecule has 0 amide bonds. The van der Waals surface area contributed by atoms with E-state index in [2.05, 4.69) is 10.1 Å². The molecule has 3 unspecified atom stereocenters. The van der Waals surface area contributed by atoms with Gasteiger partial charge in [-0.15, -0.1) is 0 Å². The summed E-state index contributed by atoms with van der Waals surface area (Å²) in [4.78, 5) is 16.6. The number of benzene rings is 1. The zero-order valence-corrected chi connectivity index (χ0v) is 14.9. The Morgan fingerprint density at radius 1 is 1.19 bits per heavy atom. The van der Waals surface area contributed by atoms with Crippen LogP contribution in [0.4, 0.5) is 0 Å². The van der Waals surface area contributed by atoms with Gasteiger partial charge in [0.25, 0.3) is 5.89 Å². The van der Waals surface area contributed by atoms with Crippen LogP contribution in [0.15, 0.2) is 22.7 Å². The molecular weight excluding hydrogens is 336 g/mol. The maximum Gasteiger partial charge on any atom is 0.309 e. The lowest BCUT2D eigenvalue weighted by atomic mass is 9.89. The molecule has 0 radical (unpaired) electrons. The second-order valence-electron chi connectivity index (χ2n) is 6.97. The van der Waals surface area contributed by atoms with Crippen LogP contribution < -0.4 is 9.47 Å². The number of fused-ring (bicyclic) bond motifs is 2. The number of esters is 1. The van der Waals surface area contributed by atoms with E-state index in [-0.39, 0.29) is 24.4 Å². The topological polar surface area (TPSA) is 83.7 Å². The van der Waals surface area contributed by atoms with Gasteiger partial charge in [-0.2, -0.15) is 4.98 Å². The van der Waals surface area contributed by atoms with Crippen molar-refractivity contribution in [2.45, 2.75) is 32.3 Å². The molecule has 2 aliphatic rings. The Balaban J connectivity index is 1.39.